The third kappa shape index (κ3) is 6.17. The minimum Gasteiger partial charge on any atom is -0.444 e. The standard InChI is InChI=1S/C25H30FN5O/c1-2-27-25(28-16-23-18-32-24(29-23)20-6-4-3-5-7-20)30-22-12-14-31(15-13-22)17-19-8-10-21(26)11-9-19/h3-11,18,22H,2,12-17H2,1H3,(H2,27,28,30). The maximum Gasteiger partial charge on any atom is 0.226 e. The van der Waals surface area contributed by atoms with Gasteiger partial charge in [0.15, 0.2) is 5.96 Å². The van der Waals surface area contributed by atoms with E-state index < -0.39 is 0 Å². The maximum absolute atomic E-state index is 13.1. The van der Waals surface area contributed by atoms with Crippen LogP contribution in [0.25, 0.3) is 11.5 Å². The number of benzene rings is 2. The summed E-state index contributed by atoms with van der Waals surface area (Å²) < 4.78 is 18.7. The SMILES string of the molecule is CCNC(=NCc1coc(-c2ccccc2)n1)NC1CCN(Cc2ccc(F)cc2)CC1. The topological polar surface area (TPSA) is 65.7 Å². The summed E-state index contributed by atoms with van der Waals surface area (Å²) in [5, 5.41) is 6.89. The molecule has 32 heavy (non-hydrogen) atoms. The van der Waals surface area contributed by atoms with E-state index in [2.05, 4.69) is 27.4 Å². The fourth-order valence-electron chi connectivity index (χ4n) is 3.85. The minimum atomic E-state index is -0.186. The Morgan fingerprint density at radius 2 is 1.88 bits per heavy atom. The lowest BCUT2D eigenvalue weighted by Crippen LogP contribution is -2.48. The van der Waals surface area contributed by atoms with Crippen LogP contribution in [0.3, 0.4) is 0 Å². The van der Waals surface area contributed by atoms with Crippen LogP contribution < -0.4 is 10.6 Å². The van der Waals surface area contributed by atoms with E-state index in [4.69, 9.17) is 9.41 Å². The van der Waals surface area contributed by atoms with Gasteiger partial charge in [0.1, 0.15) is 17.8 Å². The Balaban J connectivity index is 1.28. The van der Waals surface area contributed by atoms with Crippen molar-refractivity contribution < 1.29 is 8.81 Å². The molecule has 1 aliphatic rings. The largest absolute Gasteiger partial charge is 0.444 e. The molecule has 4 rings (SSSR count). The Labute approximate surface area is 188 Å². The van der Waals surface area contributed by atoms with Gasteiger partial charge in [-0.2, -0.15) is 0 Å². The molecule has 168 valence electrons. The fourth-order valence-corrected chi connectivity index (χ4v) is 3.85. The van der Waals surface area contributed by atoms with E-state index in [1.165, 1.54) is 12.1 Å². The van der Waals surface area contributed by atoms with E-state index in [9.17, 15) is 4.39 Å². The predicted molar refractivity (Wildman–Crippen MR) is 125 cm³/mol. The summed E-state index contributed by atoms with van der Waals surface area (Å²) >= 11 is 0. The number of halogens is 1. The van der Waals surface area contributed by atoms with Crippen molar-refractivity contribution in [2.45, 2.75) is 38.9 Å². The van der Waals surface area contributed by atoms with E-state index in [-0.39, 0.29) is 5.82 Å². The molecule has 1 aromatic heterocycles. The van der Waals surface area contributed by atoms with Crippen molar-refractivity contribution >= 4 is 5.96 Å². The Morgan fingerprint density at radius 3 is 2.59 bits per heavy atom. The number of rotatable bonds is 7. The van der Waals surface area contributed by atoms with Crippen LogP contribution in [0, 0.1) is 5.82 Å². The molecule has 2 heterocycles. The van der Waals surface area contributed by atoms with Gasteiger partial charge < -0.3 is 15.1 Å². The van der Waals surface area contributed by atoms with E-state index in [0.717, 1.165) is 61.8 Å². The number of aromatic nitrogens is 1. The number of nitrogens with one attached hydrogen (secondary N) is 2. The Kier molecular flexibility index (Phi) is 7.51. The Morgan fingerprint density at radius 1 is 1.12 bits per heavy atom. The summed E-state index contributed by atoms with van der Waals surface area (Å²) in [4.78, 5) is 11.7. The molecule has 1 saturated heterocycles. The van der Waals surface area contributed by atoms with Gasteiger partial charge in [0.05, 0.1) is 6.54 Å². The quantitative estimate of drug-likeness (QED) is 0.430. The lowest BCUT2D eigenvalue weighted by atomic mass is 10.0. The van der Waals surface area contributed by atoms with Crippen LogP contribution in [0.4, 0.5) is 4.39 Å². The highest BCUT2D eigenvalue weighted by Gasteiger charge is 2.20. The molecule has 3 aromatic rings. The molecular formula is C25H30FN5O. The maximum atomic E-state index is 13.1. The highest BCUT2D eigenvalue weighted by Crippen LogP contribution is 2.18. The van der Waals surface area contributed by atoms with Crippen molar-refractivity contribution in [3.8, 4) is 11.5 Å². The summed E-state index contributed by atoms with van der Waals surface area (Å²) in [6, 6.07) is 17.0. The molecule has 0 spiro atoms. The number of oxazole rings is 1. The van der Waals surface area contributed by atoms with E-state index in [1.54, 1.807) is 6.26 Å². The van der Waals surface area contributed by atoms with Crippen LogP contribution in [0.5, 0.6) is 0 Å². The zero-order valence-corrected chi connectivity index (χ0v) is 18.4. The molecule has 0 bridgehead atoms. The van der Waals surface area contributed by atoms with E-state index in [1.807, 2.05) is 42.5 Å². The van der Waals surface area contributed by atoms with Crippen LogP contribution in [0.1, 0.15) is 31.0 Å². The molecule has 7 heteroatoms. The van der Waals surface area contributed by atoms with Gasteiger partial charge in [0.25, 0.3) is 0 Å². The summed E-state index contributed by atoms with van der Waals surface area (Å²) in [6.45, 7) is 6.16. The first kappa shape index (κ1) is 22.0. The third-order valence-electron chi connectivity index (χ3n) is 5.56. The van der Waals surface area contributed by atoms with Gasteiger partial charge >= 0.3 is 0 Å². The number of nitrogens with zero attached hydrogens (tertiary/aromatic N) is 3. The first-order valence-electron chi connectivity index (χ1n) is 11.2. The lowest BCUT2D eigenvalue weighted by Gasteiger charge is -2.33. The van der Waals surface area contributed by atoms with Gasteiger partial charge in [0.2, 0.25) is 5.89 Å². The van der Waals surface area contributed by atoms with Gasteiger partial charge in [-0.3, -0.25) is 4.90 Å². The average molecular weight is 436 g/mol. The van der Waals surface area contributed by atoms with Gasteiger partial charge in [0, 0.05) is 37.8 Å². The second-order valence-corrected chi connectivity index (χ2v) is 8.03. The van der Waals surface area contributed by atoms with Crippen molar-refractivity contribution in [2.75, 3.05) is 19.6 Å². The van der Waals surface area contributed by atoms with Crippen LogP contribution in [0.2, 0.25) is 0 Å². The summed E-state index contributed by atoms with van der Waals surface area (Å²) in [7, 11) is 0. The highest BCUT2D eigenvalue weighted by molar-refractivity contribution is 5.80. The number of guanidine groups is 1. The van der Waals surface area contributed by atoms with Crippen LogP contribution in [-0.4, -0.2) is 41.5 Å². The van der Waals surface area contributed by atoms with Crippen LogP contribution in [0.15, 0.2) is 70.3 Å². The second kappa shape index (κ2) is 10.9. The molecule has 0 unspecified atom stereocenters. The molecule has 1 aliphatic heterocycles. The highest BCUT2D eigenvalue weighted by atomic mass is 19.1. The molecule has 0 amide bonds. The molecule has 6 nitrogen and oxygen atoms in total. The van der Waals surface area contributed by atoms with Crippen LogP contribution >= 0.6 is 0 Å². The Bertz CT molecular complexity index is 995. The van der Waals surface area contributed by atoms with Crippen molar-refractivity contribution in [1.29, 1.82) is 0 Å². The molecule has 0 saturated carbocycles. The number of likely N-dealkylation sites (tertiary alicyclic amines) is 1. The Hall–Kier alpha value is -3.19. The van der Waals surface area contributed by atoms with Crippen molar-refractivity contribution in [1.82, 2.24) is 20.5 Å². The smallest absolute Gasteiger partial charge is 0.226 e. The number of aliphatic imine (C=N–C) groups is 1. The first-order chi connectivity index (χ1) is 15.7. The van der Waals surface area contributed by atoms with E-state index >= 15 is 0 Å². The zero-order valence-electron chi connectivity index (χ0n) is 18.4. The molecule has 0 aliphatic carbocycles. The molecular weight excluding hydrogens is 405 g/mol. The predicted octanol–water partition coefficient (Wildman–Crippen LogP) is 4.20. The number of piperidine rings is 1. The van der Waals surface area contributed by atoms with Gasteiger partial charge in [-0.05, 0) is 49.6 Å². The third-order valence-corrected chi connectivity index (χ3v) is 5.56. The van der Waals surface area contributed by atoms with Gasteiger partial charge in [-0.25, -0.2) is 14.4 Å². The van der Waals surface area contributed by atoms with Gasteiger partial charge in [-0.1, -0.05) is 30.3 Å². The summed E-state index contributed by atoms with van der Waals surface area (Å²) in [5.41, 5.74) is 2.91. The van der Waals surface area contributed by atoms with Crippen molar-refractivity contribution in [3.05, 3.63) is 77.9 Å². The lowest BCUT2D eigenvalue weighted by molar-refractivity contribution is 0.198. The minimum absolute atomic E-state index is 0.186. The molecule has 0 atom stereocenters. The van der Waals surface area contributed by atoms with Crippen molar-refractivity contribution in [3.63, 3.8) is 0 Å². The average Bonchev–Trinajstić information content (AvgIpc) is 3.30. The monoisotopic (exact) mass is 435 g/mol. The van der Waals surface area contributed by atoms with Crippen molar-refractivity contribution in [2.24, 2.45) is 4.99 Å². The first-order valence-corrected chi connectivity index (χ1v) is 11.2. The molecule has 2 N–H and O–H groups in total. The second-order valence-electron chi connectivity index (χ2n) is 8.03. The van der Waals surface area contributed by atoms with Crippen LogP contribution in [-0.2, 0) is 13.1 Å². The molecule has 2 aromatic carbocycles. The normalized spacial score (nSPS) is 15.6. The molecule has 1 fully saturated rings. The van der Waals surface area contributed by atoms with E-state index in [0.29, 0.717) is 18.5 Å². The zero-order chi connectivity index (χ0) is 22.2. The summed E-state index contributed by atoms with van der Waals surface area (Å²) in [6.07, 6.45) is 3.74. The molecule has 0 radical (unpaired) electrons. The fraction of sp³-hybridized carbons (Fsp3) is 0.360. The summed E-state index contributed by atoms with van der Waals surface area (Å²) in [5.74, 6) is 1.23. The number of hydrogen-bond donors (Lipinski definition) is 2. The number of hydrogen-bond acceptors (Lipinski definition) is 4. The van der Waals surface area contributed by atoms with Gasteiger partial charge in [-0.15, -0.1) is 0 Å².